The monoisotopic (exact) mass is 394 g/mol. The van der Waals surface area contributed by atoms with Gasteiger partial charge in [-0.1, -0.05) is 29.8 Å². The van der Waals surface area contributed by atoms with Crippen molar-refractivity contribution in [3.63, 3.8) is 0 Å². The largest absolute Gasteiger partial charge is 0.398 e. The molecular weight excluding hydrogens is 379 g/mol. The number of amides is 1. The molecule has 0 aliphatic rings. The lowest BCUT2D eigenvalue weighted by Crippen LogP contribution is -2.24. The Bertz CT molecular complexity index is 1140. The molecule has 0 bridgehead atoms. The van der Waals surface area contributed by atoms with E-state index in [1.54, 1.807) is 35.0 Å². The highest BCUT2D eigenvalue weighted by Crippen LogP contribution is 2.28. The molecule has 7 heteroatoms. The zero-order valence-corrected chi connectivity index (χ0v) is 15.4. The molecule has 0 unspecified atom stereocenters. The van der Waals surface area contributed by atoms with Gasteiger partial charge in [0, 0.05) is 29.0 Å². The summed E-state index contributed by atoms with van der Waals surface area (Å²) in [5, 5.41) is 7.70. The quantitative estimate of drug-likeness (QED) is 0.507. The number of hydrogen-bond acceptors (Lipinski definition) is 3. The maximum absolute atomic E-state index is 14.6. The predicted octanol–water partition coefficient (Wildman–Crippen LogP) is 4.31. The highest BCUT2D eigenvalue weighted by molar-refractivity contribution is 6.30. The molecule has 0 radical (unpaired) electrons. The van der Waals surface area contributed by atoms with Gasteiger partial charge in [0.25, 0.3) is 5.91 Å². The lowest BCUT2D eigenvalue weighted by Gasteiger charge is -2.10. The number of nitrogens with two attached hydrogens (primary N) is 1. The molecule has 3 N–H and O–H groups in total. The van der Waals surface area contributed by atoms with Crippen molar-refractivity contribution in [3.8, 4) is 11.3 Å². The van der Waals surface area contributed by atoms with E-state index in [9.17, 15) is 9.18 Å². The highest BCUT2D eigenvalue weighted by Gasteiger charge is 2.17. The number of halogens is 2. The predicted molar refractivity (Wildman–Crippen MR) is 108 cm³/mol. The number of benzene rings is 2. The first-order chi connectivity index (χ1) is 13.5. The molecule has 0 aliphatic heterocycles. The van der Waals surface area contributed by atoms with Crippen molar-refractivity contribution in [3.05, 3.63) is 88.8 Å². The highest BCUT2D eigenvalue weighted by atomic mass is 35.5. The van der Waals surface area contributed by atoms with E-state index in [-0.39, 0.29) is 17.8 Å². The van der Waals surface area contributed by atoms with Crippen molar-refractivity contribution in [1.82, 2.24) is 14.9 Å². The van der Waals surface area contributed by atoms with E-state index in [0.717, 1.165) is 11.1 Å². The molecule has 0 saturated heterocycles. The van der Waals surface area contributed by atoms with Gasteiger partial charge in [0.05, 0.1) is 16.8 Å². The van der Waals surface area contributed by atoms with Gasteiger partial charge in [0.2, 0.25) is 0 Å². The Hall–Kier alpha value is -3.38. The molecule has 0 aliphatic carbocycles. The summed E-state index contributed by atoms with van der Waals surface area (Å²) in [5.74, 6) is -1.20. The van der Waals surface area contributed by atoms with E-state index in [2.05, 4.69) is 10.4 Å². The van der Waals surface area contributed by atoms with Crippen molar-refractivity contribution < 1.29 is 9.18 Å². The molecular formula is C21H16ClFN4O. The summed E-state index contributed by atoms with van der Waals surface area (Å²) < 4.78 is 16.3. The van der Waals surface area contributed by atoms with E-state index in [4.69, 9.17) is 17.3 Å². The third kappa shape index (κ3) is 3.54. The number of hydrogen-bond donors (Lipinski definition) is 2. The summed E-state index contributed by atoms with van der Waals surface area (Å²) in [5.41, 5.74) is 8.96. The number of nitrogen functional groups attached to an aromatic ring is 1. The van der Waals surface area contributed by atoms with Gasteiger partial charge in [-0.15, -0.1) is 0 Å². The van der Waals surface area contributed by atoms with Crippen LogP contribution in [0.1, 0.15) is 15.9 Å². The van der Waals surface area contributed by atoms with Crippen molar-refractivity contribution >= 4 is 28.7 Å². The second-order valence-corrected chi connectivity index (χ2v) is 6.76. The normalized spacial score (nSPS) is 10.9. The van der Waals surface area contributed by atoms with Gasteiger partial charge in [0.15, 0.2) is 0 Å². The molecule has 140 valence electrons. The van der Waals surface area contributed by atoms with Gasteiger partial charge in [-0.3, -0.25) is 4.79 Å². The van der Waals surface area contributed by atoms with Crippen LogP contribution in [-0.4, -0.2) is 15.5 Å². The number of aromatic nitrogens is 2. The molecule has 0 spiro atoms. The number of carbonyl (C=O) groups is 1. The van der Waals surface area contributed by atoms with Gasteiger partial charge in [-0.05, 0) is 48.0 Å². The summed E-state index contributed by atoms with van der Waals surface area (Å²) >= 11 is 5.84. The van der Waals surface area contributed by atoms with Crippen molar-refractivity contribution in [2.45, 2.75) is 6.54 Å². The third-order valence-electron chi connectivity index (χ3n) is 4.40. The van der Waals surface area contributed by atoms with Gasteiger partial charge in [-0.2, -0.15) is 5.10 Å². The van der Waals surface area contributed by atoms with E-state index < -0.39 is 11.7 Å². The Morgan fingerprint density at radius 2 is 1.93 bits per heavy atom. The van der Waals surface area contributed by atoms with Crippen molar-refractivity contribution in [2.24, 2.45) is 0 Å². The number of rotatable bonds is 4. The van der Waals surface area contributed by atoms with Crippen LogP contribution in [0.25, 0.3) is 16.8 Å². The van der Waals surface area contributed by atoms with Gasteiger partial charge in [0.1, 0.15) is 5.82 Å². The summed E-state index contributed by atoms with van der Waals surface area (Å²) in [6.45, 7) is 0.254. The SMILES string of the molecule is Nc1cc(C(=O)NCc2ccc(Cl)cc2)c(F)cc1-c1cc2ccccn2n1. The van der Waals surface area contributed by atoms with Crippen LogP contribution >= 0.6 is 11.6 Å². The topological polar surface area (TPSA) is 72.4 Å². The molecule has 2 aromatic carbocycles. The Morgan fingerprint density at radius 3 is 2.68 bits per heavy atom. The smallest absolute Gasteiger partial charge is 0.254 e. The number of carbonyl (C=O) groups excluding carboxylic acids is 1. The standard InChI is InChI=1S/C21H16ClFN4O/c22-14-6-4-13(5-7-14)12-25-21(28)16-11-19(24)17(10-18(16)23)20-9-15-3-1-2-8-27(15)26-20/h1-11H,12,24H2,(H,25,28). The Labute approximate surface area is 165 Å². The fourth-order valence-corrected chi connectivity index (χ4v) is 3.06. The summed E-state index contributed by atoms with van der Waals surface area (Å²) in [6.07, 6.45) is 1.80. The van der Waals surface area contributed by atoms with E-state index >= 15 is 0 Å². The van der Waals surface area contributed by atoms with Crippen molar-refractivity contribution in [1.29, 1.82) is 0 Å². The van der Waals surface area contributed by atoms with Gasteiger partial charge < -0.3 is 11.1 Å². The molecule has 2 heterocycles. The summed E-state index contributed by atoms with van der Waals surface area (Å²) in [4.78, 5) is 12.4. The van der Waals surface area contributed by atoms with Crippen LogP contribution in [0.2, 0.25) is 5.02 Å². The Morgan fingerprint density at radius 1 is 1.14 bits per heavy atom. The Balaban J connectivity index is 1.58. The maximum atomic E-state index is 14.6. The number of pyridine rings is 1. The van der Waals surface area contributed by atoms with Gasteiger partial charge in [-0.25, -0.2) is 8.91 Å². The van der Waals surface area contributed by atoms with Crippen LogP contribution in [0.3, 0.4) is 0 Å². The molecule has 0 saturated carbocycles. The first-order valence-corrected chi connectivity index (χ1v) is 8.95. The number of nitrogens with zero attached hydrogens (tertiary/aromatic N) is 2. The summed E-state index contributed by atoms with van der Waals surface area (Å²) in [6, 6.07) is 17.1. The minimum atomic E-state index is -0.658. The first kappa shape index (κ1) is 18.0. The number of anilines is 1. The maximum Gasteiger partial charge on any atom is 0.254 e. The fraction of sp³-hybridized carbons (Fsp3) is 0.0476. The van der Waals surface area contributed by atoms with Crippen LogP contribution in [0.5, 0.6) is 0 Å². The van der Waals surface area contributed by atoms with Crippen LogP contribution in [0, 0.1) is 5.82 Å². The van der Waals surface area contributed by atoms with Crippen LogP contribution < -0.4 is 11.1 Å². The molecule has 28 heavy (non-hydrogen) atoms. The molecule has 4 rings (SSSR count). The van der Waals surface area contributed by atoms with Crippen molar-refractivity contribution in [2.75, 3.05) is 5.73 Å². The first-order valence-electron chi connectivity index (χ1n) is 8.58. The average molecular weight is 395 g/mol. The second kappa shape index (κ2) is 7.32. The number of nitrogens with one attached hydrogen (secondary N) is 1. The fourth-order valence-electron chi connectivity index (χ4n) is 2.94. The van der Waals surface area contributed by atoms with Crippen LogP contribution in [0.15, 0.2) is 66.9 Å². The van der Waals surface area contributed by atoms with E-state index in [1.807, 2.05) is 24.3 Å². The van der Waals surface area contributed by atoms with E-state index in [1.165, 1.54) is 12.1 Å². The zero-order valence-electron chi connectivity index (χ0n) is 14.7. The minimum Gasteiger partial charge on any atom is -0.398 e. The molecule has 0 atom stereocenters. The lowest BCUT2D eigenvalue weighted by atomic mass is 10.0. The molecule has 4 aromatic rings. The molecule has 0 fully saturated rings. The average Bonchev–Trinajstić information content (AvgIpc) is 3.12. The molecule has 5 nitrogen and oxygen atoms in total. The number of fused-ring (bicyclic) bond motifs is 1. The van der Waals surface area contributed by atoms with E-state index in [0.29, 0.717) is 16.3 Å². The summed E-state index contributed by atoms with van der Waals surface area (Å²) in [7, 11) is 0. The second-order valence-electron chi connectivity index (χ2n) is 6.33. The Kier molecular flexibility index (Phi) is 4.71. The van der Waals surface area contributed by atoms with Crippen LogP contribution in [0.4, 0.5) is 10.1 Å². The zero-order chi connectivity index (χ0) is 19.7. The third-order valence-corrected chi connectivity index (χ3v) is 4.65. The molecule has 2 aromatic heterocycles. The minimum absolute atomic E-state index is 0.112. The molecule has 1 amide bonds. The van der Waals surface area contributed by atoms with Crippen LogP contribution in [-0.2, 0) is 6.54 Å². The van der Waals surface area contributed by atoms with Gasteiger partial charge >= 0.3 is 0 Å². The lowest BCUT2D eigenvalue weighted by molar-refractivity contribution is 0.0947.